The molecular weight excluding hydrogens is 456 g/mol. The van der Waals surface area contributed by atoms with Gasteiger partial charge < -0.3 is 19.5 Å². The van der Waals surface area contributed by atoms with Crippen molar-refractivity contribution in [3.8, 4) is 11.5 Å². The van der Waals surface area contributed by atoms with E-state index >= 15 is 0 Å². The largest absolute Gasteiger partial charge is 0.870 e. The number of hydrogen-bond donors (Lipinski definition) is 1. The van der Waals surface area contributed by atoms with Gasteiger partial charge in [0.15, 0.2) is 0 Å². The highest BCUT2D eigenvalue weighted by molar-refractivity contribution is 9.10. The number of nitrogens with one attached hydrogen (secondary N) is 1. The van der Waals surface area contributed by atoms with Crippen molar-refractivity contribution >= 4 is 44.5 Å². The van der Waals surface area contributed by atoms with Crippen molar-refractivity contribution in [2.24, 2.45) is 4.99 Å². The zero-order valence-electron chi connectivity index (χ0n) is 17.2. The van der Waals surface area contributed by atoms with E-state index in [4.69, 9.17) is 9.47 Å². The predicted octanol–water partition coefficient (Wildman–Crippen LogP) is 2.87. The molecule has 0 saturated heterocycles. The molecule has 1 aliphatic rings. The van der Waals surface area contributed by atoms with Gasteiger partial charge in [-0.25, -0.2) is 9.79 Å². The molecule has 3 rings (SSSR count). The molecule has 1 atom stereocenters. The maximum atomic E-state index is 12.9. The van der Waals surface area contributed by atoms with Crippen molar-refractivity contribution in [3.05, 3.63) is 38.2 Å². The van der Waals surface area contributed by atoms with Crippen LogP contribution in [0.1, 0.15) is 47.1 Å². The number of halogens is 1. The van der Waals surface area contributed by atoms with E-state index in [1.165, 1.54) is 29.6 Å². The molecular formula is C21H25BrN2O4S. The topological polar surface area (TPSA) is 75.4 Å². The first-order valence-corrected chi connectivity index (χ1v) is 11.0. The smallest absolute Gasteiger partial charge is 0.342 e. The Bertz CT molecular complexity index is 963. The fourth-order valence-electron chi connectivity index (χ4n) is 3.20. The highest BCUT2D eigenvalue weighted by Gasteiger charge is 2.31. The fraction of sp³-hybridized carbons (Fsp3) is 0.429. The Hall–Kier alpha value is -1.90. The molecule has 1 unspecified atom stereocenters. The molecule has 0 radical (unpaired) electrons. The Kier molecular flexibility index (Phi) is 6.36. The number of esters is 1. The average Bonchev–Trinajstić information content (AvgIpc) is 2.98. The van der Waals surface area contributed by atoms with E-state index in [2.05, 4.69) is 28.0 Å². The van der Waals surface area contributed by atoms with Gasteiger partial charge in [0, 0.05) is 17.1 Å². The van der Waals surface area contributed by atoms with Crippen molar-refractivity contribution in [2.45, 2.75) is 39.3 Å². The minimum absolute atomic E-state index is 0.240. The lowest BCUT2D eigenvalue weighted by Crippen LogP contribution is -3.08. The number of hydrogen-bond acceptors (Lipinski definition) is 6. The summed E-state index contributed by atoms with van der Waals surface area (Å²) in [7, 11) is 3.59. The van der Waals surface area contributed by atoms with E-state index in [1.807, 2.05) is 20.8 Å². The minimum Gasteiger partial charge on any atom is -0.870 e. The summed E-state index contributed by atoms with van der Waals surface area (Å²) in [6.07, 6.45) is 2.30. The number of ether oxygens (including phenoxy) is 2. The van der Waals surface area contributed by atoms with Crippen LogP contribution in [0.3, 0.4) is 0 Å². The normalized spacial score (nSPS) is 16.7. The first-order valence-electron chi connectivity index (χ1n) is 9.37. The molecule has 6 nitrogen and oxygen atoms in total. The number of nitrogens with zero attached hydrogens (tertiary/aromatic N) is 1. The lowest BCUT2D eigenvalue weighted by Gasteiger charge is -2.22. The van der Waals surface area contributed by atoms with Crippen LogP contribution in [0.2, 0.25) is 0 Å². The van der Waals surface area contributed by atoms with E-state index in [9.17, 15) is 9.90 Å². The number of aliphatic imine (C=N–C) groups is 1. The van der Waals surface area contributed by atoms with Crippen molar-refractivity contribution in [3.63, 3.8) is 0 Å². The Labute approximate surface area is 183 Å². The van der Waals surface area contributed by atoms with E-state index in [-0.39, 0.29) is 17.5 Å². The van der Waals surface area contributed by atoms with Crippen LogP contribution >= 0.6 is 27.3 Å². The highest BCUT2D eigenvalue weighted by atomic mass is 79.9. The van der Waals surface area contributed by atoms with Gasteiger partial charge in [-0.3, -0.25) is 0 Å². The number of benzene rings is 1. The van der Waals surface area contributed by atoms with Gasteiger partial charge in [-0.2, -0.15) is 0 Å². The number of likely N-dealkylation sites (N-methyl/N-ethyl adjacent to an activating group) is 1. The lowest BCUT2D eigenvalue weighted by atomic mass is 10.0. The van der Waals surface area contributed by atoms with Gasteiger partial charge in [-0.1, -0.05) is 21.7 Å². The van der Waals surface area contributed by atoms with Crippen molar-refractivity contribution in [1.82, 2.24) is 0 Å². The van der Waals surface area contributed by atoms with Gasteiger partial charge in [-0.05, 0) is 44.0 Å². The molecule has 0 bridgehead atoms. The third kappa shape index (κ3) is 4.99. The standard InChI is InChI=1S/C21H25BrN2O4S/c1-21(2,3)28-20(26)17-14-6-7-24(4)11-16(14)29-19(17)23-10-12-8-13(22)9-15(27-5)18(12)25/h8-10,25H,6-7,11H2,1-5H3. The van der Waals surface area contributed by atoms with Gasteiger partial charge >= 0.3 is 5.97 Å². The number of thiophene rings is 1. The molecule has 2 aromatic rings. The van der Waals surface area contributed by atoms with Crippen LogP contribution < -0.4 is 14.7 Å². The first-order chi connectivity index (χ1) is 13.6. The second-order valence-electron chi connectivity index (χ2n) is 8.10. The number of rotatable bonds is 4. The van der Waals surface area contributed by atoms with Crippen molar-refractivity contribution in [2.75, 3.05) is 20.7 Å². The Balaban J connectivity index is 2.04. The van der Waals surface area contributed by atoms with Gasteiger partial charge in [-0.15, -0.1) is 11.3 Å². The molecule has 0 amide bonds. The second kappa shape index (κ2) is 8.45. The van der Waals surface area contributed by atoms with Gasteiger partial charge in [0.25, 0.3) is 0 Å². The van der Waals surface area contributed by atoms with E-state index < -0.39 is 5.60 Å². The summed E-state index contributed by atoms with van der Waals surface area (Å²) in [6.45, 7) is 7.35. The summed E-state index contributed by atoms with van der Waals surface area (Å²) < 4.78 is 11.5. The van der Waals surface area contributed by atoms with Gasteiger partial charge in [0.05, 0.1) is 25.6 Å². The molecule has 0 spiro atoms. The third-order valence-corrected chi connectivity index (χ3v) is 6.13. The molecule has 2 heterocycles. The zero-order chi connectivity index (χ0) is 21.3. The van der Waals surface area contributed by atoms with E-state index in [0.29, 0.717) is 16.1 Å². The fourth-order valence-corrected chi connectivity index (χ4v) is 4.95. The van der Waals surface area contributed by atoms with Crippen LogP contribution in [-0.2, 0) is 17.7 Å². The Morgan fingerprint density at radius 2 is 2.10 bits per heavy atom. The molecule has 1 aromatic heterocycles. The molecule has 1 aromatic carbocycles. The minimum atomic E-state index is -0.594. The maximum absolute atomic E-state index is 12.9. The summed E-state index contributed by atoms with van der Waals surface area (Å²) in [5.74, 6) is -0.372. The maximum Gasteiger partial charge on any atom is 0.342 e. The zero-order valence-corrected chi connectivity index (χ0v) is 19.6. The third-order valence-electron chi connectivity index (χ3n) is 4.53. The molecule has 1 N–H and O–H groups in total. The molecule has 156 valence electrons. The summed E-state index contributed by atoms with van der Waals surface area (Å²) in [5, 5.41) is 13.1. The van der Waals surface area contributed by atoms with E-state index in [0.717, 1.165) is 34.4 Å². The predicted molar refractivity (Wildman–Crippen MR) is 116 cm³/mol. The SMILES string of the molecule is COc1cc(Br)cc(C=Nc2sc3c(c2C(=O)OC(C)(C)C)CC[NH+](C)C3)c1[O-]. The summed E-state index contributed by atoms with van der Waals surface area (Å²) in [5.41, 5.74) is 1.35. The number of fused-ring (bicyclic) bond motifs is 1. The quantitative estimate of drug-likeness (QED) is 0.539. The molecule has 8 heteroatoms. The number of carbonyl (C=O) groups is 1. The number of quaternary nitrogens is 1. The van der Waals surface area contributed by atoms with Gasteiger partial charge in [0.2, 0.25) is 0 Å². The van der Waals surface area contributed by atoms with Crippen LogP contribution in [0.5, 0.6) is 11.5 Å². The first kappa shape index (κ1) is 21.8. The molecule has 0 fully saturated rings. The molecule has 0 aliphatic carbocycles. The van der Waals surface area contributed by atoms with Crippen LogP contribution in [0, 0.1) is 0 Å². The lowest BCUT2D eigenvalue weighted by molar-refractivity contribution is -0.895. The average molecular weight is 481 g/mol. The summed E-state index contributed by atoms with van der Waals surface area (Å²) in [6, 6.07) is 3.31. The monoisotopic (exact) mass is 480 g/mol. The summed E-state index contributed by atoms with van der Waals surface area (Å²) >= 11 is 4.88. The van der Waals surface area contributed by atoms with Crippen LogP contribution in [-0.4, -0.2) is 38.5 Å². The Morgan fingerprint density at radius 3 is 2.76 bits per heavy atom. The van der Waals surface area contributed by atoms with Crippen molar-refractivity contribution in [1.29, 1.82) is 0 Å². The number of methoxy groups -OCH3 is 1. The van der Waals surface area contributed by atoms with E-state index in [1.54, 1.807) is 12.1 Å². The Morgan fingerprint density at radius 1 is 1.38 bits per heavy atom. The van der Waals surface area contributed by atoms with Crippen LogP contribution in [0.15, 0.2) is 21.6 Å². The van der Waals surface area contributed by atoms with Gasteiger partial charge in [0.1, 0.15) is 28.5 Å². The molecule has 29 heavy (non-hydrogen) atoms. The molecule has 0 saturated carbocycles. The second-order valence-corrected chi connectivity index (χ2v) is 10.1. The van der Waals surface area contributed by atoms with Crippen molar-refractivity contribution < 1.29 is 24.3 Å². The van der Waals surface area contributed by atoms with Crippen LogP contribution in [0.4, 0.5) is 5.00 Å². The molecule has 1 aliphatic heterocycles. The number of carbonyl (C=O) groups excluding carboxylic acids is 1. The summed E-state index contributed by atoms with van der Waals surface area (Å²) in [4.78, 5) is 20.0. The van der Waals surface area contributed by atoms with Crippen LogP contribution in [0.25, 0.3) is 0 Å². The highest BCUT2D eigenvalue weighted by Crippen LogP contribution is 2.38.